The molecule has 0 bridgehead atoms. The molecule has 0 aliphatic carbocycles. The summed E-state index contributed by atoms with van der Waals surface area (Å²) < 4.78 is 51.4. The first-order valence-electron chi connectivity index (χ1n) is 8.65. The molecule has 0 heterocycles. The Balaban J connectivity index is 2.74. The van der Waals surface area contributed by atoms with Gasteiger partial charge in [0.1, 0.15) is 0 Å². The molecule has 1 aromatic carbocycles. The van der Waals surface area contributed by atoms with Crippen molar-refractivity contribution in [3.8, 4) is 0 Å². The molecule has 0 saturated carbocycles. The zero-order valence-corrected chi connectivity index (χ0v) is 16.7. The summed E-state index contributed by atoms with van der Waals surface area (Å²) in [4.78, 5) is 12.1. The molecule has 0 aromatic heterocycles. The van der Waals surface area contributed by atoms with Crippen LogP contribution in [0.5, 0.6) is 0 Å². The van der Waals surface area contributed by atoms with Crippen LogP contribution in [0.2, 0.25) is 0 Å². The van der Waals surface area contributed by atoms with Gasteiger partial charge in [-0.2, -0.15) is 0 Å². The quantitative estimate of drug-likeness (QED) is 0.703. The number of anilines is 1. The van der Waals surface area contributed by atoms with E-state index in [0.29, 0.717) is 0 Å². The lowest BCUT2D eigenvalue weighted by Gasteiger charge is -2.26. The van der Waals surface area contributed by atoms with E-state index in [-0.39, 0.29) is 48.9 Å². The maximum atomic E-state index is 13.4. The minimum absolute atomic E-state index is 0.00531. The summed E-state index contributed by atoms with van der Waals surface area (Å²) in [5.74, 6) is -1.75. The summed E-state index contributed by atoms with van der Waals surface area (Å²) in [7, 11) is -3.68. The summed E-state index contributed by atoms with van der Waals surface area (Å²) >= 11 is 0. The van der Waals surface area contributed by atoms with E-state index in [1.54, 1.807) is 0 Å². The summed E-state index contributed by atoms with van der Waals surface area (Å²) in [5.41, 5.74) is 0.0362. The molecule has 1 N–H and O–H groups in total. The molecule has 5 nitrogen and oxygen atoms in total. The molecule has 1 amide bonds. The lowest BCUT2D eigenvalue weighted by atomic mass is 9.93. The van der Waals surface area contributed by atoms with Crippen molar-refractivity contribution in [2.75, 3.05) is 17.1 Å². The zero-order valence-electron chi connectivity index (χ0n) is 15.9. The predicted molar refractivity (Wildman–Crippen MR) is 99.4 cm³/mol. The maximum Gasteiger partial charge on any atom is 0.232 e. The van der Waals surface area contributed by atoms with Gasteiger partial charge < -0.3 is 5.32 Å². The molecule has 0 spiro atoms. The van der Waals surface area contributed by atoms with Crippen molar-refractivity contribution in [1.29, 1.82) is 0 Å². The smallest absolute Gasteiger partial charge is 0.232 e. The van der Waals surface area contributed by atoms with Crippen LogP contribution in [0.25, 0.3) is 0 Å². The molecule has 26 heavy (non-hydrogen) atoms. The molecular weight excluding hydrogens is 362 g/mol. The van der Waals surface area contributed by atoms with Crippen molar-refractivity contribution in [3.05, 3.63) is 29.8 Å². The summed E-state index contributed by atoms with van der Waals surface area (Å²) in [6, 6.07) is 2.96. The Kier molecular flexibility index (Phi) is 7.99. The monoisotopic (exact) mass is 390 g/mol. The summed E-state index contributed by atoms with van der Waals surface area (Å²) in [6.45, 7) is 8.11. The normalized spacial score (nSPS) is 12.1. The van der Waals surface area contributed by atoms with E-state index in [9.17, 15) is 22.0 Å². The van der Waals surface area contributed by atoms with Crippen LogP contribution in [0.15, 0.2) is 18.2 Å². The molecule has 0 atom stereocenters. The fraction of sp³-hybridized carbons (Fsp3) is 0.611. The van der Waals surface area contributed by atoms with E-state index >= 15 is 0 Å². The third-order valence-corrected chi connectivity index (χ3v) is 5.31. The first-order chi connectivity index (χ1) is 11.9. The lowest BCUT2D eigenvalue weighted by Crippen LogP contribution is -2.42. The molecule has 1 aromatic rings. The van der Waals surface area contributed by atoms with Gasteiger partial charge in [0.25, 0.3) is 0 Å². The van der Waals surface area contributed by atoms with Gasteiger partial charge in [-0.15, -0.1) is 0 Å². The van der Waals surface area contributed by atoms with E-state index in [0.717, 1.165) is 22.7 Å². The molecule has 0 unspecified atom stereocenters. The second kappa shape index (κ2) is 9.30. The van der Waals surface area contributed by atoms with Crippen LogP contribution in [-0.2, 0) is 14.8 Å². The highest BCUT2D eigenvalue weighted by atomic mass is 32.2. The number of sulfonamides is 1. The Morgan fingerprint density at radius 2 is 1.69 bits per heavy atom. The number of carbonyl (C=O) groups is 1. The van der Waals surface area contributed by atoms with Crippen molar-refractivity contribution in [1.82, 2.24) is 5.32 Å². The number of rotatable bonds is 9. The molecular formula is C18H28F2N2O3S. The minimum atomic E-state index is -3.68. The molecule has 0 fully saturated rings. The molecule has 0 saturated heterocycles. The highest BCUT2D eigenvalue weighted by Crippen LogP contribution is 2.21. The van der Waals surface area contributed by atoms with Gasteiger partial charge in [-0.05, 0) is 30.4 Å². The van der Waals surface area contributed by atoms with E-state index in [1.165, 1.54) is 6.07 Å². The van der Waals surface area contributed by atoms with Gasteiger partial charge in [-0.1, -0.05) is 27.7 Å². The van der Waals surface area contributed by atoms with Gasteiger partial charge in [-0.3, -0.25) is 9.10 Å². The fourth-order valence-corrected chi connectivity index (χ4v) is 3.83. The van der Waals surface area contributed by atoms with Crippen molar-refractivity contribution in [2.24, 2.45) is 11.8 Å². The zero-order chi connectivity index (χ0) is 20.1. The first-order valence-corrected chi connectivity index (χ1v) is 10.5. The van der Waals surface area contributed by atoms with Crippen LogP contribution in [0.1, 0.15) is 40.5 Å². The predicted octanol–water partition coefficient (Wildman–Crippen LogP) is 3.31. The highest BCUT2D eigenvalue weighted by Gasteiger charge is 2.21. The van der Waals surface area contributed by atoms with Crippen molar-refractivity contribution in [3.63, 3.8) is 0 Å². The molecule has 0 aliphatic heterocycles. The third-order valence-electron chi connectivity index (χ3n) is 4.12. The number of nitrogens with zero attached hydrogens (tertiary/aromatic N) is 1. The van der Waals surface area contributed by atoms with Gasteiger partial charge in [0.15, 0.2) is 11.6 Å². The Hall–Kier alpha value is -1.70. The first kappa shape index (κ1) is 22.3. The van der Waals surface area contributed by atoms with Gasteiger partial charge in [0.2, 0.25) is 15.9 Å². The lowest BCUT2D eigenvalue weighted by molar-refractivity contribution is -0.122. The van der Waals surface area contributed by atoms with E-state index < -0.39 is 21.7 Å². The number of nitrogens with one attached hydrogen (secondary N) is 1. The Bertz CT molecular complexity index is 713. The van der Waals surface area contributed by atoms with Crippen LogP contribution in [0, 0.1) is 23.5 Å². The Labute approximate surface area is 154 Å². The SMILES string of the molecule is CC(C)C(NC(=O)CCCN(c1ccc(F)c(F)c1)S(C)(=O)=O)C(C)C. The van der Waals surface area contributed by atoms with E-state index in [2.05, 4.69) is 5.32 Å². The Morgan fingerprint density at radius 1 is 1.12 bits per heavy atom. The average Bonchev–Trinajstić information content (AvgIpc) is 2.50. The number of hydrogen-bond donors (Lipinski definition) is 1. The molecule has 0 aliphatic rings. The second-order valence-corrected chi connectivity index (χ2v) is 9.03. The molecule has 8 heteroatoms. The van der Waals surface area contributed by atoms with Gasteiger partial charge in [-0.25, -0.2) is 17.2 Å². The van der Waals surface area contributed by atoms with Crippen LogP contribution < -0.4 is 9.62 Å². The number of hydrogen-bond acceptors (Lipinski definition) is 3. The third kappa shape index (κ3) is 6.55. The Morgan fingerprint density at radius 3 is 2.15 bits per heavy atom. The number of benzene rings is 1. The summed E-state index contributed by atoms with van der Waals surface area (Å²) in [5, 5.41) is 2.97. The van der Waals surface area contributed by atoms with Crippen molar-refractivity contribution >= 4 is 21.6 Å². The van der Waals surface area contributed by atoms with E-state index in [1.807, 2.05) is 27.7 Å². The molecule has 1 rings (SSSR count). The number of halogens is 2. The molecule has 148 valence electrons. The highest BCUT2D eigenvalue weighted by molar-refractivity contribution is 7.92. The number of amides is 1. The van der Waals surface area contributed by atoms with Gasteiger partial charge >= 0.3 is 0 Å². The standard InChI is InChI=1S/C18H28F2N2O3S/c1-12(2)18(13(3)4)21-17(23)7-6-10-22(26(5,24)25)14-8-9-15(19)16(20)11-14/h8-9,11-13,18H,6-7,10H2,1-5H3,(H,21,23). The average molecular weight is 390 g/mol. The van der Waals surface area contributed by atoms with Gasteiger partial charge in [0.05, 0.1) is 11.9 Å². The minimum Gasteiger partial charge on any atom is -0.353 e. The van der Waals surface area contributed by atoms with Crippen LogP contribution in [-0.4, -0.2) is 33.2 Å². The fourth-order valence-electron chi connectivity index (χ4n) is 2.87. The second-order valence-electron chi connectivity index (χ2n) is 7.12. The summed E-state index contributed by atoms with van der Waals surface area (Å²) in [6.07, 6.45) is 1.40. The maximum absolute atomic E-state index is 13.4. The van der Waals surface area contributed by atoms with Gasteiger partial charge in [0, 0.05) is 25.1 Å². The van der Waals surface area contributed by atoms with Crippen LogP contribution in [0.4, 0.5) is 14.5 Å². The topological polar surface area (TPSA) is 66.5 Å². The van der Waals surface area contributed by atoms with Crippen LogP contribution in [0.3, 0.4) is 0 Å². The van der Waals surface area contributed by atoms with E-state index in [4.69, 9.17) is 0 Å². The van der Waals surface area contributed by atoms with Crippen molar-refractivity contribution in [2.45, 2.75) is 46.6 Å². The van der Waals surface area contributed by atoms with Crippen LogP contribution >= 0.6 is 0 Å². The molecule has 0 radical (unpaired) electrons. The van der Waals surface area contributed by atoms with Crippen molar-refractivity contribution < 1.29 is 22.0 Å². The number of carbonyl (C=O) groups excluding carboxylic acids is 1. The largest absolute Gasteiger partial charge is 0.353 e.